The first-order valence-corrected chi connectivity index (χ1v) is 7.79. The van der Waals surface area contributed by atoms with Gasteiger partial charge in [0.25, 0.3) is 0 Å². The summed E-state index contributed by atoms with van der Waals surface area (Å²) in [4.78, 5) is 16.8. The van der Waals surface area contributed by atoms with Crippen LogP contribution in [0.25, 0.3) is 11.3 Å². The molecule has 2 rings (SSSR count). The highest BCUT2D eigenvalue weighted by Gasteiger charge is 2.37. The van der Waals surface area contributed by atoms with Gasteiger partial charge in [-0.25, -0.2) is 9.18 Å². The Bertz CT molecular complexity index is 794. The fourth-order valence-corrected chi connectivity index (χ4v) is 2.57. The predicted molar refractivity (Wildman–Crippen MR) is 87.1 cm³/mol. The van der Waals surface area contributed by atoms with Gasteiger partial charge < -0.3 is 15.4 Å². The number of halogens is 4. The van der Waals surface area contributed by atoms with Crippen molar-refractivity contribution in [1.82, 2.24) is 15.3 Å². The molecule has 1 amide bonds. The zero-order valence-corrected chi connectivity index (χ0v) is 14.4. The van der Waals surface area contributed by atoms with E-state index in [4.69, 9.17) is 5.11 Å². The molecule has 142 valence electrons. The molecule has 0 spiro atoms. The van der Waals surface area contributed by atoms with Crippen molar-refractivity contribution in [3.63, 3.8) is 0 Å². The maximum absolute atomic E-state index is 14.8. The van der Waals surface area contributed by atoms with Crippen LogP contribution in [0.5, 0.6) is 0 Å². The van der Waals surface area contributed by atoms with Crippen LogP contribution in [0.15, 0.2) is 24.5 Å². The number of H-pyrrole nitrogens is 1. The average Bonchev–Trinajstić information content (AvgIpc) is 2.85. The SMILES string of the molecule is CC(C)(C)C(Cc1c[nH]c(-c2cccnc2C(F)(F)F)c1F)NC(=O)O. The van der Waals surface area contributed by atoms with Crippen LogP contribution in [-0.4, -0.2) is 27.2 Å². The van der Waals surface area contributed by atoms with Crippen molar-refractivity contribution < 1.29 is 27.5 Å². The highest BCUT2D eigenvalue weighted by molar-refractivity contribution is 5.66. The number of carbonyl (C=O) groups is 1. The van der Waals surface area contributed by atoms with Crippen LogP contribution in [0.2, 0.25) is 0 Å². The second kappa shape index (κ2) is 6.97. The zero-order chi connectivity index (χ0) is 19.7. The largest absolute Gasteiger partial charge is 0.465 e. The third-order valence-corrected chi connectivity index (χ3v) is 4.00. The van der Waals surface area contributed by atoms with E-state index in [0.717, 1.165) is 12.3 Å². The Kier molecular flexibility index (Phi) is 5.29. The summed E-state index contributed by atoms with van der Waals surface area (Å²) < 4.78 is 54.1. The Labute approximate surface area is 147 Å². The number of alkyl halides is 3. The molecule has 9 heteroatoms. The minimum atomic E-state index is -4.73. The lowest BCUT2D eigenvalue weighted by atomic mass is 9.83. The number of nitrogens with one attached hydrogen (secondary N) is 2. The summed E-state index contributed by atoms with van der Waals surface area (Å²) in [7, 11) is 0. The molecule has 0 fully saturated rings. The van der Waals surface area contributed by atoms with Gasteiger partial charge in [-0.15, -0.1) is 0 Å². The van der Waals surface area contributed by atoms with Gasteiger partial charge in [-0.1, -0.05) is 20.8 Å². The van der Waals surface area contributed by atoms with Crippen molar-refractivity contribution in [3.05, 3.63) is 41.6 Å². The van der Waals surface area contributed by atoms with Gasteiger partial charge in [-0.05, 0) is 24.0 Å². The molecule has 2 heterocycles. The smallest absolute Gasteiger partial charge is 0.434 e. The standard InChI is InChI=1S/C17H19F4N3O2/c1-16(2,3)11(24-15(25)26)7-9-8-23-13(12(9)18)10-5-4-6-22-14(10)17(19,20)21/h4-6,8,11,23-24H,7H2,1-3H3,(H,25,26). The molecule has 2 aromatic rings. The fraction of sp³-hybridized carbons (Fsp3) is 0.412. The molecule has 0 saturated carbocycles. The quantitative estimate of drug-likeness (QED) is 0.693. The van der Waals surface area contributed by atoms with E-state index in [0.29, 0.717) is 0 Å². The van der Waals surface area contributed by atoms with Crippen molar-refractivity contribution in [2.75, 3.05) is 0 Å². The number of hydrogen-bond donors (Lipinski definition) is 3. The summed E-state index contributed by atoms with van der Waals surface area (Å²) in [6.07, 6.45) is -3.76. The van der Waals surface area contributed by atoms with E-state index in [1.165, 1.54) is 12.3 Å². The Morgan fingerprint density at radius 1 is 1.35 bits per heavy atom. The van der Waals surface area contributed by atoms with E-state index in [1.54, 1.807) is 20.8 Å². The maximum Gasteiger partial charge on any atom is 0.434 e. The van der Waals surface area contributed by atoms with Gasteiger partial charge >= 0.3 is 12.3 Å². The van der Waals surface area contributed by atoms with Crippen LogP contribution >= 0.6 is 0 Å². The predicted octanol–water partition coefficient (Wildman–Crippen LogP) is 4.46. The van der Waals surface area contributed by atoms with Crippen molar-refractivity contribution in [2.45, 2.75) is 39.4 Å². The molecule has 0 bridgehead atoms. The number of pyridine rings is 1. The normalized spacial score (nSPS) is 13.5. The highest BCUT2D eigenvalue weighted by Crippen LogP contribution is 2.36. The van der Waals surface area contributed by atoms with Crippen LogP contribution in [-0.2, 0) is 12.6 Å². The van der Waals surface area contributed by atoms with Crippen molar-refractivity contribution in [1.29, 1.82) is 0 Å². The summed E-state index contributed by atoms with van der Waals surface area (Å²) in [5, 5.41) is 11.3. The first kappa shape index (κ1) is 19.7. The number of aromatic nitrogens is 2. The van der Waals surface area contributed by atoms with Crippen LogP contribution in [0.4, 0.5) is 22.4 Å². The van der Waals surface area contributed by atoms with Gasteiger partial charge in [0, 0.05) is 29.6 Å². The maximum atomic E-state index is 14.8. The third kappa shape index (κ3) is 4.33. The van der Waals surface area contributed by atoms with Crippen LogP contribution in [0.1, 0.15) is 32.0 Å². The Morgan fingerprint density at radius 3 is 2.54 bits per heavy atom. The topological polar surface area (TPSA) is 78.0 Å². The zero-order valence-electron chi connectivity index (χ0n) is 14.4. The fourth-order valence-electron chi connectivity index (χ4n) is 2.57. The van der Waals surface area contributed by atoms with Gasteiger partial charge in [0.15, 0.2) is 11.5 Å². The lowest BCUT2D eigenvalue weighted by Crippen LogP contribution is -2.44. The van der Waals surface area contributed by atoms with E-state index < -0.39 is 40.8 Å². The lowest BCUT2D eigenvalue weighted by Gasteiger charge is -2.30. The molecular formula is C17H19F4N3O2. The first-order valence-electron chi connectivity index (χ1n) is 7.79. The van der Waals surface area contributed by atoms with Crippen LogP contribution in [0, 0.1) is 11.2 Å². The van der Waals surface area contributed by atoms with E-state index in [2.05, 4.69) is 15.3 Å². The first-order chi connectivity index (χ1) is 11.9. The number of nitrogens with zero attached hydrogens (tertiary/aromatic N) is 1. The number of rotatable bonds is 4. The molecule has 0 saturated heterocycles. The molecule has 0 aliphatic rings. The number of carboxylic acid groups (broad SMARTS) is 1. The van der Waals surface area contributed by atoms with E-state index in [1.807, 2.05) is 0 Å². The van der Waals surface area contributed by atoms with E-state index in [9.17, 15) is 22.4 Å². The molecule has 0 aliphatic carbocycles. The Morgan fingerprint density at radius 2 is 2.00 bits per heavy atom. The van der Waals surface area contributed by atoms with Gasteiger partial charge in [-0.2, -0.15) is 13.2 Å². The number of amides is 1. The molecule has 0 aliphatic heterocycles. The number of aromatic amines is 1. The molecular weight excluding hydrogens is 354 g/mol. The average molecular weight is 373 g/mol. The van der Waals surface area contributed by atoms with Gasteiger partial charge in [0.2, 0.25) is 0 Å². The van der Waals surface area contributed by atoms with Crippen LogP contribution < -0.4 is 5.32 Å². The molecule has 2 aromatic heterocycles. The minimum Gasteiger partial charge on any atom is -0.465 e. The van der Waals surface area contributed by atoms with Gasteiger partial charge in [0.05, 0.1) is 5.69 Å². The third-order valence-electron chi connectivity index (χ3n) is 4.00. The summed E-state index contributed by atoms with van der Waals surface area (Å²) in [6, 6.07) is 1.79. The summed E-state index contributed by atoms with van der Waals surface area (Å²) in [5.41, 5.74) is -2.35. The Balaban J connectivity index is 2.41. The molecule has 5 nitrogen and oxygen atoms in total. The molecule has 0 radical (unpaired) electrons. The monoisotopic (exact) mass is 373 g/mol. The van der Waals surface area contributed by atoms with E-state index in [-0.39, 0.29) is 17.7 Å². The minimum absolute atomic E-state index is 0.0141. The molecule has 26 heavy (non-hydrogen) atoms. The van der Waals surface area contributed by atoms with Crippen LogP contribution in [0.3, 0.4) is 0 Å². The number of hydrogen-bond acceptors (Lipinski definition) is 2. The summed E-state index contributed by atoms with van der Waals surface area (Å²) in [5.74, 6) is -0.857. The second-order valence-corrected chi connectivity index (χ2v) is 6.97. The highest BCUT2D eigenvalue weighted by atomic mass is 19.4. The van der Waals surface area contributed by atoms with Crippen molar-refractivity contribution in [3.8, 4) is 11.3 Å². The summed E-state index contributed by atoms with van der Waals surface area (Å²) in [6.45, 7) is 5.34. The van der Waals surface area contributed by atoms with Gasteiger partial charge in [-0.3, -0.25) is 4.98 Å². The summed E-state index contributed by atoms with van der Waals surface area (Å²) >= 11 is 0. The molecule has 0 aromatic carbocycles. The second-order valence-electron chi connectivity index (χ2n) is 6.97. The Hall–Kier alpha value is -2.58. The lowest BCUT2D eigenvalue weighted by molar-refractivity contribution is -0.140. The van der Waals surface area contributed by atoms with Gasteiger partial charge in [0.1, 0.15) is 0 Å². The van der Waals surface area contributed by atoms with Crippen molar-refractivity contribution in [2.24, 2.45) is 5.41 Å². The van der Waals surface area contributed by atoms with E-state index >= 15 is 0 Å². The molecule has 1 unspecified atom stereocenters. The van der Waals surface area contributed by atoms with Crippen molar-refractivity contribution >= 4 is 6.09 Å². The molecule has 3 N–H and O–H groups in total. The molecule has 1 atom stereocenters.